The maximum Gasteiger partial charge on any atom is 0.219 e. The molecule has 11 heteroatoms. The lowest BCUT2D eigenvalue weighted by atomic mass is 9.94. The Morgan fingerprint density at radius 2 is 1.86 bits per heavy atom. The third-order valence-corrected chi connectivity index (χ3v) is 7.67. The van der Waals surface area contributed by atoms with Gasteiger partial charge in [0.05, 0.1) is 5.71 Å². The molecule has 2 aromatic carbocycles. The van der Waals surface area contributed by atoms with Crippen molar-refractivity contribution in [1.29, 1.82) is 0 Å². The molecule has 3 aromatic rings. The van der Waals surface area contributed by atoms with Gasteiger partial charge >= 0.3 is 0 Å². The van der Waals surface area contributed by atoms with Crippen LogP contribution in [0.15, 0.2) is 77.2 Å². The number of nitrogens with zero attached hydrogens (tertiary/aromatic N) is 6. The van der Waals surface area contributed by atoms with Crippen molar-refractivity contribution < 1.29 is 18.7 Å². The zero-order valence-electron chi connectivity index (χ0n) is 23.5. The number of benzene rings is 2. The van der Waals surface area contributed by atoms with Gasteiger partial charge in [-0.25, -0.2) is 19.4 Å². The highest BCUT2D eigenvalue weighted by Gasteiger charge is 2.43. The highest BCUT2D eigenvalue weighted by atomic mass is 19.1. The predicted molar refractivity (Wildman–Crippen MR) is 156 cm³/mol. The molecule has 0 saturated carbocycles. The van der Waals surface area contributed by atoms with Gasteiger partial charge in [-0.15, -0.1) is 0 Å². The molecule has 3 unspecified atom stereocenters. The SMILES string of the molecule is CC(=O)N1CCCC(C2N=C(c3ccc(Oc4cc(F)cc(OCc5cnc(C)nc5)c4)cc3)C3C(N)=NC=CN32)C1. The Bertz CT molecular complexity index is 1560. The number of carbonyl (C=O) groups is 1. The number of aryl methyl sites for hydroxylation is 1. The van der Waals surface area contributed by atoms with Gasteiger partial charge in [-0.05, 0) is 49.6 Å². The van der Waals surface area contributed by atoms with E-state index in [4.69, 9.17) is 20.2 Å². The molecule has 216 valence electrons. The number of likely N-dealkylation sites (tertiary alicyclic amines) is 1. The molecule has 10 nitrogen and oxygen atoms in total. The van der Waals surface area contributed by atoms with E-state index >= 15 is 0 Å². The second kappa shape index (κ2) is 11.6. The molecule has 1 saturated heterocycles. The average molecular weight is 570 g/mol. The van der Waals surface area contributed by atoms with E-state index in [0.717, 1.165) is 36.2 Å². The van der Waals surface area contributed by atoms with Crippen LogP contribution in [0.3, 0.4) is 0 Å². The molecular formula is C31H32FN7O3. The normalized spacial score (nSPS) is 21.5. The van der Waals surface area contributed by atoms with Crippen molar-refractivity contribution in [1.82, 2.24) is 19.8 Å². The largest absolute Gasteiger partial charge is 0.489 e. The van der Waals surface area contributed by atoms with E-state index in [9.17, 15) is 9.18 Å². The number of piperidine rings is 1. The van der Waals surface area contributed by atoms with Gasteiger partial charge in [-0.1, -0.05) is 0 Å². The Morgan fingerprint density at radius 3 is 2.62 bits per heavy atom. The fourth-order valence-corrected chi connectivity index (χ4v) is 5.60. The van der Waals surface area contributed by atoms with Crippen LogP contribution in [0.2, 0.25) is 0 Å². The summed E-state index contributed by atoms with van der Waals surface area (Å²) in [5.74, 6) is 2.11. The summed E-state index contributed by atoms with van der Waals surface area (Å²) in [5, 5.41) is 0. The maximum absolute atomic E-state index is 14.4. The van der Waals surface area contributed by atoms with E-state index in [-0.39, 0.29) is 30.6 Å². The Hall–Kier alpha value is -4.80. The summed E-state index contributed by atoms with van der Waals surface area (Å²) in [4.78, 5) is 33.9. The van der Waals surface area contributed by atoms with E-state index in [2.05, 4.69) is 19.9 Å². The van der Waals surface area contributed by atoms with Crippen molar-refractivity contribution in [2.24, 2.45) is 21.6 Å². The number of halogens is 1. The van der Waals surface area contributed by atoms with Gasteiger partial charge < -0.3 is 25.0 Å². The zero-order chi connectivity index (χ0) is 29.2. The smallest absolute Gasteiger partial charge is 0.219 e. The van der Waals surface area contributed by atoms with E-state index < -0.39 is 5.82 Å². The lowest BCUT2D eigenvalue weighted by Gasteiger charge is -2.39. The first kappa shape index (κ1) is 27.4. The fourth-order valence-electron chi connectivity index (χ4n) is 5.60. The quantitative estimate of drug-likeness (QED) is 0.453. The number of rotatable bonds is 7. The van der Waals surface area contributed by atoms with Gasteiger partial charge in [0.25, 0.3) is 0 Å². The van der Waals surface area contributed by atoms with E-state index in [1.807, 2.05) is 35.4 Å². The van der Waals surface area contributed by atoms with Crippen molar-refractivity contribution in [2.45, 2.75) is 45.5 Å². The molecule has 2 N–H and O–H groups in total. The number of fused-ring (bicyclic) bond motifs is 1. The highest BCUT2D eigenvalue weighted by Crippen LogP contribution is 2.34. The minimum atomic E-state index is -0.475. The summed E-state index contributed by atoms with van der Waals surface area (Å²) in [6.45, 7) is 5.06. The predicted octanol–water partition coefficient (Wildman–Crippen LogP) is 4.20. The Balaban J connectivity index is 1.18. The summed E-state index contributed by atoms with van der Waals surface area (Å²) >= 11 is 0. The molecule has 0 radical (unpaired) electrons. The zero-order valence-corrected chi connectivity index (χ0v) is 23.5. The summed E-state index contributed by atoms with van der Waals surface area (Å²) in [7, 11) is 0. The molecule has 4 heterocycles. The van der Waals surface area contributed by atoms with Gasteiger partial charge in [0.1, 0.15) is 53.5 Å². The second-order valence-corrected chi connectivity index (χ2v) is 10.7. The standard InChI is InChI=1S/C31H32FN7O3/c1-19-35-15-21(16-36-19)18-41-26-12-24(32)13-27(14-26)42-25-7-5-22(6-8-25)28-29-30(33)34-9-11-39(29)31(37-28)23-4-3-10-38(17-23)20(2)40/h5-9,11-16,23,29,31H,3-4,10,17-18H2,1-2H3,(H2,33,34). The third-order valence-electron chi connectivity index (χ3n) is 7.67. The van der Waals surface area contributed by atoms with Gasteiger partial charge in [-0.2, -0.15) is 0 Å². The van der Waals surface area contributed by atoms with Gasteiger partial charge in [0, 0.05) is 74.5 Å². The first-order chi connectivity index (χ1) is 20.3. The van der Waals surface area contributed by atoms with Crippen molar-refractivity contribution in [3.8, 4) is 17.2 Å². The molecule has 1 aromatic heterocycles. The summed E-state index contributed by atoms with van der Waals surface area (Å²) in [6, 6.07) is 11.4. The number of nitrogens with two attached hydrogens (primary N) is 1. The molecule has 1 fully saturated rings. The number of aliphatic imine (C=N–C) groups is 2. The first-order valence-corrected chi connectivity index (χ1v) is 13.9. The minimum absolute atomic E-state index is 0.0853. The van der Waals surface area contributed by atoms with Gasteiger partial charge in [0.15, 0.2) is 0 Å². The second-order valence-electron chi connectivity index (χ2n) is 10.7. The van der Waals surface area contributed by atoms with Crippen molar-refractivity contribution in [3.63, 3.8) is 0 Å². The summed E-state index contributed by atoms with van der Waals surface area (Å²) < 4.78 is 26.1. The minimum Gasteiger partial charge on any atom is -0.489 e. The fraction of sp³-hybridized carbons (Fsp3) is 0.323. The van der Waals surface area contributed by atoms with Crippen LogP contribution in [0, 0.1) is 18.7 Å². The first-order valence-electron chi connectivity index (χ1n) is 13.9. The van der Waals surface area contributed by atoms with Crippen LogP contribution in [0.4, 0.5) is 4.39 Å². The number of hydrogen-bond acceptors (Lipinski definition) is 9. The molecule has 3 atom stereocenters. The Morgan fingerprint density at radius 1 is 1.10 bits per heavy atom. The number of amides is 1. The van der Waals surface area contributed by atoms with E-state index in [1.165, 1.54) is 12.1 Å². The van der Waals surface area contributed by atoms with Crippen LogP contribution >= 0.6 is 0 Å². The van der Waals surface area contributed by atoms with Crippen LogP contribution in [0.25, 0.3) is 0 Å². The highest BCUT2D eigenvalue weighted by molar-refractivity contribution is 6.19. The number of amidine groups is 1. The van der Waals surface area contributed by atoms with Gasteiger partial charge in [-0.3, -0.25) is 9.79 Å². The number of hydrogen-bond donors (Lipinski definition) is 1. The van der Waals surface area contributed by atoms with E-state index in [0.29, 0.717) is 35.5 Å². The molecule has 0 aliphatic carbocycles. The third kappa shape index (κ3) is 5.81. The molecule has 0 bridgehead atoms. The molecular weight excluding hydrogens is 537 g/mol. The molecule has 1 amide bonds. The van der Waals surface area contributed by atoms with Crippen LogP contribution in [0.1, 0.15) is 36.7 Å². The number of aromatic nitrogens is 2. The molecule has 0 spiro atoms. The number of carbonyl (C=O) groups excluding carboxylic acids is 1. The lowest BCUT2D eigenvalue weighted by Crippen LogP contribution is -2.51. The van der Waals surface area contributed by atoms with Crippen LogP contribution in [-0.2, 0) is 11.4 Å². The lowest BCUT2D eigenvalue weighted by molar-refractivity contribution is -0.131. The molecule has 42 heavy (non-hydrogen) atoms. The monoisotopic (exact) mass is 569 g/mol. The summed E-state index contributed by atoms with van der Waals surface area (Å²) in [6.07, 6.45) is 8.75. The molecule has 6 rings (SSSR count). The van der Waals surface area contributed by atoms with Crippen molar-refractivity contribution >= 4 is 17.5 Å². The topological polar surface area (TPSA) is 119 Å². The average Bonchev–Trinajstić information content (AvgIpc) is 3.38. The molecule has 3 aliphatic rings. The van der Waals surface area contributed by atoms with Crippen molar-refractivity contribution in [2.75, 3.05) is 13.1 Å². The van der Waals surface area contributed by atoms with Crippen LogP contribution in [-0.4, -0.2) is 62.5 Å². The van der Waals surface area contributed by atoms with Crippen LogP contribution in [0.5, 0.6) is 17.2 Å². The van der Waals surface area contributed by atoms with Gasteiger partial charge in [0.2, 0.25) is 5.91 Å². The summed E-state index contributed by atoms with van der Waals surface area (Å²) in [5.41, 5.74) is 8.86. The Kier molecular flexibility index (Phi) is 7.56. The molecule has 3 aliphatic heterocycles. The van der Waals surface area contributed by atoms with Crippen molar-refractivity contribution in [3.05, 3.63) is 90.0 Å². The maximum atomic E-state index is 14.4. The van der Waals surface area contributed by atoms with E-state index in [1.54, 1.807) is 38.5 Å². The number of ether oxygens (including phenoxy) is 2. The Labute approximate surface area is 243 Å². The van der Waals surface area contributed by atoms with Crippen LogP contribution < -0.4 is 15.2 Å².